The van der Waals surface area contributed by atoms with Crippen molar-refractivity contribution in [3.8, 4) is 0 Å². The summed E-state index contributed by atoms with van der Waals surface area (Å²) in [6.45, 7) is 21.3. The minimum atomic E-state index is -4.48. The van der Waals surface area contributed by atoms with Crippen LogP contribution in [-0.4, -0.2) is 77.5 Å². The van der Waals surface area contributed by atoms with Crippen molar-refractivity contribution in [3.63, 3.8) is 0 Å². The van der Waals surface area contributed by atoms with Gasteiger partial charge in [-0.15, -0.1) is 0 Å². The molecule has 17 heteroatoms. The Morgan fingerprint density at radius 1 is 1.02 bits per heavy atom. The first kappa shape index (κ1) is 37.0. The lowest BCUT2D eigenvalue weighted by atomic mass is 9.89. The summed E-state index contributed by atoms with van der Waals surface area (Å²) in [5.41, 5.74) is -3.40. The third-order valence-corrected chi connectivity index (χ3v) is 19.5. The quantitative estimate of drug-likeness (QED) is 0.245. The van der Waals surface area contributed by atoms with Crippen molar-refractivity contribution >= 4 is 38.6 Å². The van der Waals surface area contributed by atoms with Gasteiger partial charge in [0, 0.05) is 25.9 Å². The van der Waals surface area contributed by atoms with Gasteiger partial charge >= 0.3 is 17.5 Å². The molecule has 0 radical (unpaired) electrons. The Balaban J connectivity index is 2.38. The summed E-state index contributed by atoms with van der Waals surface area (Å²) in [6, 6.07) is 0. The molecule has 1 aromatic heterocycles. The number of likely N-dealkylation sites (N-methyl/N-ethyl adjacent to an activating group) is 1. The van der Waals surface area contributed by atoms with Crippen molar-refractivity contribution in [1.82, 2.24) is 19.8 Å². The average Bonchev–Trinajstić information content (AvgIpc) is 3.33. The molecule has 2 N–H and O–H groups in total. The summed E-state index contributed by atoms with van der Waals surface area (Å²) >= 11 is 0. The number of nitrogens with one attached hydrogen (secondary N) is 2. The SMILES string of the molecule is CNC(=O)C(=O)NC1=CS(=O)(=O)O[C@@]12[C@@H](CO[Si](C)(C)C(C)(C)C)O[C@@H](n1cc(C)c(=O)n(C)c1=O)[C@@H]2O[Si](C)(C)C(C)(C)C. The maximum atomic E-state index is 13.6. The molecule has 3 rings (SSSR count). The Kier molecular flexibility index (Phi) is 9.87. The molecule has 0 aromatic carbocycles. The summed E-state index contributed by atoms with van der Waals surface area (Å²) in [4.78, 5) is 51.4. The Labute approximate surface area is 266 Å². The van der Waals surface area contributed by atoms with E-state index in [1.54, 1.807) is 0 Å². The van der Waals surface area contributed by atoms with Gasteiger partial charge in [-0.05, 0) is 43.2 Å². The molecule has 0 aliphatic carbocycles. The maximum absolute atomic E-state index is 13.6. The van der Waals surface area contributed by atoms with Crippen molar-refractivity contribution in [1.29, 1.82) is 0 Å². The highest BCUT2D eigenvalue weighted by atomic mass is 32.2. The zero-order valence-electron chi connectivity index (χ0n) is 28.5. The third kappa shape index (κ3) is 6.84. The van der Waals surface area contributed by atoms with Crippen LogP contribution in [0.15, 0.2) is 26.9 Å². The van der Waals surface area contributed by atoms with Crippen molar-refractivity contribution in [2.75, 3.05) is 13.7 Å². The van der Waals surface area contributed by atoms with Gasteiger partial charge in [-0.1, -0.05) is 41.5 Å². The van der Waals surface area contributed by atoms with Gasteiger partial charge in [0.1, 0.15) is 12.2 Å². The fourth-order valence-corrected chi connectivity index (χ4v) is 8.16. The number of nitrogens with zero attached hydrogens (tertiary/aromatic N) is 2. The zero-order chi connectivity index (χ0) is 34.7. The molecule has 2 aliphatic heterocycles. The van der Waals surface area contributed by atoms with Crippen LogP contribution in [0.1, 0.15) is 53.3 Å². The summed E-state index contributed by atoms with van der Waals surface area (Å²) in [5.74, 6) is -2.16. The van der Waals surface area contributed by atoms with E-state index in [0.29, 0.717) is 0 Å². The monoisotopic (exact) mass is 688 g/mol. The molecule has 45 heavy (non-hydrogen) atoms. The smallest absolute Gasteiger partial charge is 0.332 e. The average molecular weight is 689 g/mol. The van der Waals surface area contributed by atoms with Gasteiger partial charge in [0.25, 0.3) is 15.7 Å². The molecule has 1 spiro atoms. The first-order valence-electron chi connectivity index (χ1n) is 14.7. The van der Waals surface area contributed by atoms with Gasteiger partial charge in [-0.25, -0.2) is 8.98 Å². The molecule has 3 heterocycles. The summed E-state index contributed by atoms with van der Waals surface area (Å²) in [6.07, 6.45) is -2.63. The molecule has 1 fully saturated rings. The van der Waals surface area contributed by atoms with Gasteiger partial charge < -0.3 is 24.2 Å². The number of amides is 2. The Morgan fingerprint density at radius 2 is 1.58 bits per heavy atom. The van der Waals surface area contributed by atoms with Crippen molar-refractivity contribution < 1.29 is 35.8 Å². The van der Waals surface area contributed by atoms with E-state index in [1.807, 2.05) is 67.7 Å². The van der Waals surface area contributed by atoms with Crippen LogP contribution in [0.25, 0.3) is 0 Å². The number of carbonyl (C=O) groups excluding carboxylic acids is 2. The predicted octanol–water partition coefficient (Wildman–Crippen LogP) is 1.97. The molecule has 0 saturated carbocycles. The zero-order valence-corrected chi connectivity index (χ0v) is 31.3. The minimum absolute atomic E-state index is 0.202. The summed E-state index contributed by atoms with van der Waals surface area (Å²) < 4.78 is 54.6. The van der Waals surface area contributed by atoms with Crippen LogP contribution in [0.3, 0.4) is 0 Å². The second-order valence-electron chi connectivity index (χ2n) is 14.7. The van der Waals surface area contributed by atoms with E-state index < -0.39 is 78.9 Å². The molecule has 4 atom stereocenters. The van der Waals surface area contributed by atoms with E-state index in [2.05, 4.69) is 10.6 Å². The summed E-state index contributed by atoms with van der Waals surface area (Å²) in [5, 5.41) is 4.72. The van der Waals surface area contributed by atoms with Gasteiger partial charge in [-0.3, -0.25) is 23.5 Å². The normalized spacial score (nSPS) is 25.4. The number of carbonyl (C=O) groups is 2. The van der Waals surface area contributed by atoms with E-state index >= 15 is 0 Å². The van der Waals surface area contributed by atoms with Crippen molar-refractivity contribution in [3.05, 3.63) is 43.7 Å². The highest BCUT2D eigenvalue weighted by Crippen LogP contribution is 2.52. The maximum Gasteiger partial charge on any atom is 0.332 e. The van der Waals surface area contributed by atoms with E-state index in [1.165, 1.54) is 31.8 Å². The molecule has 0 unspecified atom stereocenters. The molecule has 254 valence electrons. The number of hydrogen-bond donors (Lipinski definition) is 2. The fourth-order valence-electron chi connectivity index (χ4n) is 4.62. The van der Waals surface area contributed by atoms with Gasteiger partial charge in [0.15, 0.2) is 28.5 Å². The Hall–Kier alpha value is -2.42. The van der Waals surface area contributed by atoms with Crippen molar-refractivity contribution in [2.45, 2.75) is 109 Å². The molecule has 14 nitrogen and oxygen atoms in total. The molecule has 2 aliphatic rings. The first-order chi connectivity index (χ1) is 20.2. The predicted molar refractivity (Wildman–Crippen MR) is 173 cm³/mol. The van der Waals surface area contributed by atoms with Crippen LogP contribution in [0.2, 0.25) is 36.3 Å². The standard InChI is InChI=1S/C28H48N4O10SSi2/c1-17-14-32(25(36)31(9)23(17)35)24-20(41-45(12,13)27(5,6)7)28(19(40-24)15-39-44(10,11)26(2,3)4)18(16-43(37,38)42-28)30-22(34)21(33)29-8/h14,16,19-20,24H,15H2,1-13H3,(H,29,33)(H,30,34)/t19-,20+,24-,28-/m1/s1. The Morgan fingerprint density at radius 3 is 2.09 bits per heavy atom. The van der Waals surface area contributed by atoms with Crippen LogP contribution < -0.4 is 21.9 Å². The second-order valence-corrected chi connectivity index (χ2v) is 25.6. The molecular formula is C28H48N4O10SSi2. The first-order valence-corrected chi connectivity index (χ1v) is 22.0. The van der Waals surface area contributed by atoms with Crippen LogP contribution in [-0.2, 0) is 44.5 Å². The topological polar surface area (TPSA) is 173 Å². The highest BCUT2D eigenvalue weighted by Gasteiger charge is 2.68. The lowest BCUT2D eigenvalue weighted by molar-refractivity contribution is -0.139. The fraction of sp³-hybridized carbons (Fsp3) is 0.714. The van der Waals surface area contributed by atoms with E-state index in [9.17, 15) is 27.6 Å². The third-order valence-electron chi connectivity index (χ3n) is 9.47. The minimum Gasteiger partial charge on any atom is -0.414 e. The van der Waals surface area contributed by atoms with E-state index in [4.69, 9.17) is 17.8 Å². The van der Waals surface area contributed by atoms with Crippen molar-refractivity contribution in [2.24, 2.45) is 7.05 Å². The lowest BCUT2D eigenvalue weighted by Crippen LogP contribution is -2.60. The molecule has 1 saturated heterocycles. The number of rotatable bonds is 7. The molecule has 1 aromatic rings. The number of hydrogen-bond acceptors (Lipinski definition) is 10. The number of ether oxygens (including phenoxy) is 1. The van der Waals surface area contributed by atoms with Gasteiger partial charge in [0.2, 0.25) is 0 Å². The van der Waals surface area contributed by atoms with Crippen LogP contribution in [0.4, 0.5) is 0 Å². The van der Waals surface area contributed by atoms with Gasteiger partial charge in [0.05, 0.1) is 17.7 Å². The van der Waals surface area contributed by atoms with E-state index in [0.717, 1.165) is 9.98 Å². The number of aryl methyl sites for hydroxylation is 1. The molecule has 2 amide bonds. The van der Waals surface area contributed by atoms with Crippen LogP contribution >= 0.6 is 0 Å². The summed E-state index contributed by atoms with van der Waals surface area (Å²) in [7, 11) is -7.24. The van der Waals surface area contributed by atoms with Crippen LogP contribution in [0, 0.1) is 6.92 Å². The largest absolute Gasteiger partial charge is 0.414 e. The second kappa shape index (κ2) is 12.0. The van der Waals surface area contributed by atoms with Crippen LogP contribution in [0.5, 0.6) is 0 Å². The highest BCUT2D eigenvalue weighted by molar-refractivity contribution is 7.90. The van der Waals surface area contributed by atoms with Gasteiger partial charge in [-0.2, -0.15) is 8.42 Å². The molecular weight excluding hydrogens is 641 g/mol. The Bertz CT molecular complexity index is 1620. The number of aromatic nitrogens is 2. The molecule has 0 bridgehead atoms. The lowest BCUT2D eigenvalue weighted by Gasteiger charge is -2.44. The van der Waals surface area contributed by atoms with E-state index in [-0.39, 0.29) is 22.9 Å².